The summed E-state index contributed by atoms with van der Waals surface area (Å²) in [5, 5.41) is 1.43. The van der Waals surface area contributed by atoms with Crippen LogP contribution in [0.4, 0.5) is 0 Å². The summed E-state index contributed by atoms with van der Waals surface area (Å²) < 4.78 is 2.01. The van der Waals surface area contributed by atoms with Gasteiger partial charge in [-0.25, -0.2) is 4.98 Å². The van der Waals surface area contributed by atoms with Crippen LogP contribution in [0.5, 0.6) is 0 Å². The van der Waals surface area contributed by atoms with Crippen LogP contribution in [0.3, 0.4) is 0 Å². The number of rotatable bonds is 5. The zero-order valence-electron chi connectivity index (χ0n) is 18.4. The maximum Gasteiger partial charge on any atom is 0.261 e. The Balaban J connectivity index is 1.54. The highest BCUT2D eigenvalue weighted by Gasteiger charge is 2.31. The first kappa shape index (κ1) is 20.7. The number of halogens is 1. The minimum atomic E-state index is 0.115. The second-order valence-electron chi connectivity index (χ2n) is 9.50. The molecule has 1 aliphatic heterocycles. The van der Waals surface area contributed by atoms with Crippen LogP contribution in [-0.4, -0.2) is 33.6 Å². The van der Waals surface area contributed by atoms with Crippen LogP contribution in [0.25, 0.3) is 22.0 Å². The maximum absolute atomic E-state index is 13.7. The van der Waals surface area contributed by atoms with Crippen molar-refractivity contribution in [3.63, 3.8) is 0 Å². The first-order valence-electron chi connectivity index (χ1n) is 11.5. The normalized spacial score (nSPS) is 19.9. The molecule has 1 saturated carbocycles. The molecule has 0 spiro atoms. The quantitative estimate of drug-likeness (QED) is 0.514. The van der Waals surface area contributed by atoms with Crippen LogP contribution in [0.2, 0.25) is 5.02 Å². The van der Waals surface area contributed by atoms with E-state index in [0.29, 0.717) is 28.3 Å². The molecule has 2 heterocycles. The van der Waals surface area contributed by atoms with E-state index in [1.54, 1.807) is 0 Å². The standard InChI is InChI=1S/C26H30ClN3O/c1-17(2)29-13-3-4-18(15-29)16-30-25(20-5-6-20)28-24-12-9-21(14-23(24)26(30)31)19-7-10-22(27)11-8-19/h7-12,14,17-18,20H,3-6,13,15-16H2,1-2H3/t18-/m0/s1. The molecule has 1 saturated heterocycles. The fourth-order valence-electron chi connectivity index (χ4n) is 4.86. The van der Waals surface area contributed by atoms with E-state index in [1.807, 2.05) is 41.0 Å². The summed E-state index contributed by atoms with van der Waals surface area (Å²) in [5.74, 6) is 1.95. The number of benzene rings is 2. The summed E-state index contributed by atoms with van der Waals surface area (Å²) in [6.07, 6.45) is 4.67. The number of fused-ring (bicyclic) bond motifs is 1. The first-order chi connectivity index (χ1) is 15.0. The fourth-order valence-corrected chi connectivity index (χ4v) is 4.99. The van der Waals surface area contributed by atoms with E-state index in [2.05, 4.69) is 24.8 Å². The van der Waals surface area contributed by atoms with Crippen molar-refractivity contribution < 1.29 is 0 Å². The van der Waals surface area contributed by atoms with Crippen molar-refractivity contribution in [2.75, 3.05) is 13.1 Å². The van der Waals surface area contributed by atoms with Crippen molar-refractivity contribution in [1.82, 2.24) is 14.5 Å². The maximum atomic E-state index is 13.7. The van der Waals surface area contributed by atoms with Crippen LogP contribution in [0.15, 0.2) is 47.3 Å². The zero-order valence-corrected chi connectivity index (χ0v) is 19.1. The van der Waals surface area contributed by atoms with Crippen molar-refractivity contribution in [2.24, 2.45) is 5.92 Å². The lowest BCUT2D eigenvalue weighted by Crippen LogP contribution is -2.42. The predicted octanol–water partition coefficient (Wildman–Crippen LogP) is 5.71. The summed E-state index contributed by atoms with van der Waals surface area (Å²) in [5.41, 5.74) is 3.01. The van der Waals surface area contributed by atoms with Gasteiger partial charge >= 0.3 is 0 Å². The van der Waals surface area contributed by atoms with Gasteiger partial charge in [-0.05, 0) is 87.4 Å². The Morgan fingerprint density at radius 1 is 1.06 bits per heavy atom. The minimum Gasteiger partial charge on any atom is -0.301 e. The van der Waals surface area contributed by atoms with Gasteiger partial charge in [-0.15, -0.1) is 0 Å². The molecule has 0 bridgehead atoms. The van der Waals surface area contributed by atoms with Gasteiger partial charge in [-0.1, -0.05) is 29.8 Å². The minimum absolute atomic E-state index is 0.115. The molecular formula is C26H30ClN3O. The van der Waals surface area contributed by atoms with Gasteiger partial charge in [0.05, 0.1) is 10.9 Å². The second-order valence-corrected chi connectivity index (χ2v) is 9.93. The van der Waals surface area contributed by atoms with Gasteiger partial charge in [0, 0.05) is 30.1 Å². The topological polar surface area (TPSA) is 38.1 Å². The van der Waals surface area contributed by atoms with Crippen molar-refractivity contribution in [1.29, 1.82) is 0 Å². The van der Waals surface area contributed by atoms with E-state index in [-0.39, 0.29) is 5.56 Å². The average molecular weight is 436 g/mol. The zero-order chi connectivity index (χ0) is 21.5. The summed E-state index contributed by atoms with van der Waals surface area (Å²) >= 11 is 6.05. The molecule has 0 unspecified atom stereocenters. The highest BCUT2D eigenvalue weighted by atomic mass is 35.5. The molecule has 0 radical (unpaired) electrons. The summed E-state index contributed by atoms with van der Waals surface area (Å²) in [4.78, 5) is 21.2. The monoisotopic (exact) mass is 435 g/mol. The van der Waals surface area contributed by atoms with Crippen LogP contribution in [0, 0.1) is 5.92 Å². The molecule has 1 aliphatic carbocycles. The van der Waals surface area contributed by atoms with Crippen molar-refractivity contribution in [3.05, 3.63) is 63.7 Å². The Morgan fingerprint density at radius 2 is 1.81 bits per heavy atom. The number of likely N-dealkylation sites (tertiary alicyclic amines) is 1. The second kappa shape index (κ2) is 8.40. The van der Waals surface area contributed by atoms with Crippen LogP contribution >= 0.6 is 11.6 Å². The van der Waals surface area contributed by atoms with E-state index in [0.717, 1.165) is 48.4 Å². The number of hydrogen-bond acceptors (Lipinski definition) is 3. The summed E-state index contributed by atoms with van der Waals surface area (Å²) in [6.45, 7) is 7.54. The van der Waals surface area contributed by atoms with Gasteiger partial charge in [-0.3, -0.25) is 9.36 Å². The molecule has 162 valence electrons. The number of piperidine rings is 1. The first-order valence-corrected chi connectivity index (χ1v) is 11.9. The molecule has 2 fully saturated rings. The Kier molecular flexibility index (Phi) is 5.61. The third kappa shape index (κ3) is 4.28. The van der Waals surface area contributed by atoms with Gasteiger partial charge in [0.15, 0.2) is 0 Å². The van der Waals surface area contributed by atoms with Gasteiger partial charge in [0.2, 0.25) is 0 Å². The molecule has 1 aromatic heterocycles. The third-order valence-electron chi connectivity index (χ3n) is 6.83. The number of nitrogens with zero attached hydrogens (tertiary/aromatic N) is 3. The third-order valence-corrected chi connectivity index (χ3v) is 7.08. The highest BCUT2D eigenvalue weighted by molar-refractivity contribution is 6.30. The van der Waals surface area contributed by atoms with Crippen molar-refractivity contribution in [3.8, 4) is 11.1 Å². The Labute approximate surface area is 188 Å². The molecular weight excluding hydrogens is 406 g/mol. The molecule has 2 aromatic carbocycles. The van der Waals surface area contributed by atoms with Crippen LogP contribution < -0.4 is 5.56 Å². The molecule has 5 rings (SSSR count). The van der Waals surface area contributed by atoms with Crippen LogP contribution in [-0.2, 0) is 6.54 Å². The lowest BCUT2D eigenvalue weighted by atomic mass is 9.96. The molecule has 4 nitrogen and oxygen atoms in total. The highest BCUT2D eigenvalue weighted by Crippen LogP contribution is 2.39. The molecule has 1 atom stereocenters. The van der Waals surface area contributed by atoms with E-state index in [4.69, 9.17) is 16.6 Å². The van der Waals surface area contributed by atoms with Crippen molar-refractivity contribution >= 4 is 22.5 Å². The van der Waals surface area contributed by atoms with E-state index in [1.165, 1.54) is 19.4 Å². The number of hydrogen-bond donors (Lipinski definition) is 0. The average Bonchev–Trinajstić information content (AvgIpc) is 3.61. The molecule has 0 N–H and O–H groups in total. The molecule has 2 aliphatic rings. The van der Waals surface area contributed by atoms with Gasteiger partial charge in [0.25, 0.3) is 5.56 Å². The van der Waals surface area contributed by atoms with Gasteiger partial charge < -0.3 is 4.90 Å². The lowest BCUT2D eigenvalue weighted by molar-refractivity contribution is 0.129. The summed E-state index contributed by atoms with van der Waals surface area (Å²) in [7, 11) is 0. The van der Waals surface area contributed by atoms with Crippen molar-refractivity contribution in [2.45, 2.75) is 58.0 Å². The van der Waals surface area contributed by atoms with Gasteiger partial charge in [-0.2, -0.15) is 0 Å². The van der Waals surface area contributed by atoms with Crippen LogP contribution in [0.1, 0.15) is 51.3 Å². The Morgan fingerprint density at radius 3 is 2.52 bits per heavy atom. The predicted molar refractivity (Wildman–Crippen MR) is 128 cm³/mol. The number of aromatic nitrogens is 2. The Bertz CT molecular complexity index is 1150. The fraction of sp³-hybridized carbons (Fsp3) is 0.462. The smallest absolute Gasteiger partial charge is 0.261 e. The van der Waals surface area contributed by atoms with E-state index in [9.17, 15) is 4.79 Å². The summed E-state index contributed by atoms with van der Waals surface area (Å²) in [6, 6.07) is 14.4. The lowest BCUT2D eigenvalue weighted by Gasteiger charge is -2.35. The molecule has 5 heteroatoms. The Hall–Kier alpha value is -2.17. The molecule has 31 heavy (non-hydrogen) atoms. The molecule has 0 amide bonds. The van der Waals surface area contributed by atoms with Gasteiger partial charge in [0.1, 0.15) is 5.82 Å². The SMILES string of the molecule is CC(C)N1CCC[C@H](Cn2c(C3CC3)nc3ccc(-c4ccc(Cl)cc4)cc3c2=O)C1. The largest absolute Gasteiger partial charge is 0.301 e. The van der Waals surface area contributed by atoms with E-state index < -0.39 is 0 Å². The molecule has 3 aromatic rings. The van der Waals surface area contributed by atoms with E-state index >= 15 is 0 Å².